The van der Waals surface area contributed by atoms with E-state index in [1.54, 1.807) is 0 Å². The van der Waals surface area contributed by atoms with Crippen LogP contribution in [0, 0.1) is 11.8 Å². The third-order valence-corrected chi connectivity index (χ3v) is 6.35. The molecule has 11 heteroatoms. The summed E-state index contributed by atoms with van der Waals surface area (Å²) in [7, 11) is 0. The molecule has 0 atom stereocenters. The fraction of sp³-hybridized carbons (Fsp3) is 0.650. The van der Waals surface area contributed by atoms with Crippen LogP contribution in [0.4, 0.5) is 19.3 Å². The molecule has 2 aliphatic heterocycles. The number of hydrogen-bond acceptors (Lipinski definition) is 6. The highest BCUT2D eigenvalue weighted by Crippen LogP contribution is 2.37. The van der Waals surface area contributed by atoms with Gasteiger partial charge in [0.25, 0.3) is 5.92 Å². The number of carboxylic acid groups (broad SMARTS) is 1. The molecular weight excluding hydrogens is 430 g/mol. The van der Waals surface area contributed by atoms with E-state index in [0.717, 1.165) is 19.4 Å². The molecule has 1 saturated carbocycles. The van der Waals surface area contributed by atoms with Crippen LogP contribution in [0.1, 0.15) is 36.2 Å². The molecule has 2 amide bonds. The van der Waals surface area contributed by atoms with E-state index in [1.165, 1.54) is 41.4 Å². The average molecular weight is 459 g/mol. The largest absolute Gasteiger partial charge is 0.477 e. The molecule has 8 nitrogen and oxygen atoms in total. The molecule has 0 aromatic carbocycles. The van der Waals surface area contributed by atoms with Gasteiger partial charge in [-0.1, -0.05) is 0 Å². The maximum absolute atomic E-state index is 12.9. The fourth-order valence-electron chi connectivity index (χ4n) is 3.26. The monoisotopic (exact) mass is 458 g/mol. The van der Waals surface area contributed by atoms with E-state index in [-0.39, 0.29) is 24.7 Å². The lowest BCUT2D eigenvalue weighted by Crippen LogP contribution is -2.56. The molecule has 4 N–H and O–H groups in total. The Balaban J connectivity index is 0.000000210. The van der Waals surface area contributed by atoms with Crippen molar-refractivity contribution in [3.8, 4) is 5.88 Å². The molecule has 1 aliphatic carbocycles. The lowest BCUT2D eigenvalue weighted by molar-refractivity contribution is -0.0265. The van der Waals surface area contributed by atoms with Crippen molar-refractivity contribution in [3.05, 3.63) is 17.8 Å². The Morgan fingerprint density at radius 2 is 1.90 bits per heavy atom. The number of carbonyl (C=O) groups is 2. The zero-order valence-electron chi connectivity index (χ0n) is 17.2. The van der Waals surface area contributed by atoms with Crippen molar-refractivity contribution in [1.29, 1.82) is 0 Å². The predicted molar refractivity (Wildman–Crippen MR) is 114 cm³/mol. The maximum atomic E-state index is 12.9. The van der Waals surface area contributed by atoms with Crippen LogP contribution in [-0.4, -0.2) is 65.8 Å². The lowest BCUT2D eigenvalue weighted by Gasteiger charge is -2.40. The molecule has 31 heavy (non-hydrogen) atoms. The van der Waals surface area contributed by atoms with E-state index in [4.69, 9.17) is 15.6 Å². The van der Waals surface area contributed by atoms with Crippen molar-refractivity contribution in [2.45, 2.75) is 31.6 Å². The van der Waals surface area contributed by atoms with Gasteiger partial charge in [0.15, 0.2) is 5.69 Å². The molecule has 0 radical (unpaired) electrons. The smallest absolute Gasteiger partial charge is 0.354 e. The lowest BCUT2D eigenvalue weighted by atomic mass is 10.0. The number of pyridine rings is 1. The molecule has 4 rings (SSSR count). The van der Waals surface area contributed by atoms with Gasteiger partial charge in [0.1, 0.15) is 5.69 Å². The van der Waals surface area contributed by atoms with E-state index in [0.29, 0.717) is 24.1 Å². The summed E-state index contributed by atoms with van der Waals surface area (Å²) in [6.07, 6.45) is 4.58. The SMILES string of the molecule is NC(=O)NCC1CCSCC1.O=C(O)c1ccc(N2CC(F)(F)C2)c(OCC2CC2)n1. The Kier molecular flexibility index (Phi) is 7.79. The van der Waals surface area contributed by atoms with E-state index in [1.807, 2.05) is 11.8 Å². The van der Waals surface area contributed by atoms with Gasteiger partial charge in [-0.25, -0.2) is 23.4 Å². The fourth-order valence-corrected chi connectivity index (χ4v) is 4.46. The van der Waals surface area contributed by atoms with E-state index in [9.17, 15) is 18.4 Å². The second kappa shape index (κ2) is 10.3. The molecule has 3 aliphatic rings. The number of halogens is 2. The third-order valence-electron chi connectivity index (χ3n) is 5.30. The van der Waals surface area contributed by atoms with Crippen LogP contribution in [0.15, 0.2) is 12.1 Å². The first kappa shape index (κ1) is 23.4. The first-order valence-corrected chi connectivity index (χ1v) is 11.5. The van der Waals surface area contributed by atoms with Crippen LogP contribution in [-0.2, 0) is 0 Å². The molecule has 1 aromatic heterocycles. The Morgan fingerprint density at radius 1 is 1.23 bits per heavy atom. The summed E-state index contributed by atoms with van der Waals surface area (Å²) in [5.41, 5.74) is 5.24. The van der Waals surface area contributed by atoms with Crippen LogP contribution in [0.3, 0.4) is 0 Å². The summed E-state index contributed by atoms with van der Waals surface area (Å²) >= 11 is 1.99. The van der Waals surface area contributed by atoms with Gasteiger partial charge in [-0.2, -0.15) is 11.8 Å². The molecule has 172 valence electrons. The number of nitrogens with one attached hydrogen (secondary N) is 1. The molecule has 3 fully saturated rings. The highest BCUT2D eigenvalue weighted by Gasteiger charge is 2.45. The van der Waals surface area contributed by atoms with E-state index < -0.39 is 17.9 Å². The van der Waals surface area contributed by atoms with Crippen molar-refractivity contribution in [3.63, 3.8) is 0 Å². The van der Waals surface area contributed by atoms with Crippen molar-refractivity contribution in [1.82, 2.24) is 10.3 Å². The number of nitrogens with two attached hydrogens (primary N) is 1. The Hall–Kier alpha value is -2.30. The number of ether oxygens (including phenoxy) is 1. The number of hydrogen-bond donors (Lipinski definition) is 3. The predicted octanol–water partition coefficient (Wildman–Crippen LogP) is 2.82. The van der Waals surface area contributed by atoms with Gasteiger partial charge >= 0.3 is 12.0 Å². The third kappa shape index (κ3) is 7.41. The van der Waals surface area contributed by atoms with Gasteiger partial charge in [0.2, 0.25) is 5.88 Å². The standard InChI is InChI=1S/C13H14F2N2O3.C7H14N2OS/c14-13(15)6-17(7-13)10-4-3-9(12(18)19)16-11(10)20-5-8-1-2-8;8-7(10)9-5-6-1-3-11-4-2-6/h3-4,8H,1-2,5-7H2,(H,18,19);6H,1-5H2,(H3,8,9,10). The molecule has 1 aromatic rings. The first-order valence-electron chi connectivity index (χ1n) is 10.3. The summed E-state index contributed by atoms with van der Waals surface area (Å²) in [6.45, 7) is 0.435. The van der Waals surface area contributed by atoms with Gasteiger partial charge in [0, 0.05) is 6.54 Å². The zero-order chi connectivity index (χ0) is 22.4. The highest BCUT2D eigenvalue weighted by molar-refractivity contribution is 7.99. The van der Waals surface area contributed by atoms with Crippen LogP contribution in [0.25, 0.3) is 0 Å². The van der Waals surface area contributed by atoms with Gasteiger partial charge in [-0.3, -0.25) is 0 Å². The number of urea groups is 1. The topological polar surface area (TPSA) is 118 Å². The number of anilines is 1. The minimum atomic E-state index is -2.70. The van der Waals surface area contributed by atoms with E-state index >= 15 is 0 Å². The van der Waals surface area contributed by atoms with Crippen molar-refractivity contribution in [2.24, 2.45) is 17.6 Å². The van der Waals surface area contributed by atoms with E-state index in [2.05, 4.69) is 10.3 Å². The number of aromatic carboxylic acids is 1. The summed E-state index contributed by atoms with van der Waals surface area (Å²) in [6, 6.07) is 2.38. The number of rotatable bonds is 7. The van der Waals surface area contributed by atoms with Crippen LogP contribution < -0.4 is 20.7 Å². The Morgan fingerprint density at radius 3 is 2.45 bits per heavy atom. The molecule has 2 saturated heterocycles. The zero-order valence-corrected chi connectivity index (χ0v) is 18.0. The average Bonchev–Trinajstić information content (AvgIpc) is 3.54. The summed E-state index contributed by atoms with van der Waals surface area (Å²) in [5, 5.41) is 11.6. The Bertz CT molecular complexity index is 780. The van der Waals surface area contributed by atoms with Crippen LogP contribution in [0.5, 0.6) is 5.88 Å². The number of amides is 2. The number of alkyl halides is 2. The van der Waals surface area contributed by atoms with Gasteiger partial charge in [-0.05, 0) is 61.2 Å². The number of nitrogens with zero attached hydrogens (tertiary/aromatic N) is 2. The van der Waals surface area contributed by atoms with Crippen molar-refractivity contribution >= 4 is 29.4 Å². The summed E-state index contributed by atoms with van der Waals surface area (Å²) < 4.78 is 31.4. The van der Waals surface area contributed by atoms with Gasteiger partial charge in [0.05, 0.1) is 19.7 Å². The maximum Gasteiger partial charge on any atom is 0.354 e. The normalized spacial score (nSPS) is 20.1. The molecule has 0 spiro atoms. The quantitative estimate of drug-likeness (QED) is 0.575. The van der Waals surface area contributed by atoms with Gasteiger partial charge in [-0.15, -0.1) is 0 Å². The number of carbonyl (C=O) groups excluding carboxylic acids is 1. The first-order chi connectivity index (χ1) is 14.7. The van der Waals surface area contributed by atoms with Crippen molar-refractivity contribution < 1.29 is 28.2 Å². The van der Waals surface area contributed by atoms with Crippen LogP contribution in [0.2, 0.25) is 0 Å². The van der Waals surface area contributed by atoms with Crippen molar-refractivity contribution in [2.75, 3.05) is 42.6 Å². The summed E-state index contributed by atoms with van der Waals surface area (Å²) in [4.78, 5) is 26.6. The second-order valence-electron chi connectivity index (χ2n) is 8.09. The highest BCUT2D eigenvalue weighted by atomic mass is 32.2. The Labute approximate surface area is 183 Å². The minimum Gasteiger partial charge on any atom is -0.477 e. The molecule has 0 unspecified atom stereocenters. The molecular formula is C20H28F2N4O4S. The number of primary amides is 1. The van der Waals surface area contributed by atoms with Crippen LogP contribution >= 0.6 is 11.8 Å². The van der Waals surface area contributed by atoms with Gasteiger partial charge < -0.3 is 25.8 Å². The minimum absolute atomic E-state index is 0.132. The molecule has 3 heterocycles. The number of aromatic nitrogens is 1. The molecule has 0 bridgehead atoms. The number of carboxylic acids is 1. The summed E-state index contributed by atoms with van der Waals surface area (Å²) in [5.74, 6) is -0.149. The number of thioether (sulfide) groups is 1. The second-order valence-corrected chi connectivity index (χ2v) is 9.32.